The third-order valence-electron chi connectivity index (χ3n) is 4.41. The molecular weight excluding hydrogens is 401 g/mol. The first-order valence-electron chi connectivity index (χ1n) is 9.02. The molecule has 9 heteroatoms. The Morgan fingerprint density at radius 3 is 2.52 bits per heavy atom. The van der Waals surface area contributed by atoms with E-state index in [0.717, 1.165) is 31.4 Å². The van der Waals surface area contributed by atoms with Crippen molar-refractivity contribution in [2.75, 3.05) is 11.8 Å². The number of hydrogen-bond acceptors (Lipinski definition) is 6. The molecule has 7 nitrogen and oxygen atoms in total. The molecule has 0 amide bonds. The number of aliphatic hydroxyl groups is 1. The summed E-state index contributed by atoms with van der Waals surface area (Å²) in [6, 6.07) is 5.85. The van der Waals surface area contributed by atoms with E-state index in [2.05, 4.69) is 9.46 Å². The second kappa shape index (κ2) is 9.23. The standard InChI is InChI=1S/C20H24FNO6S/c1-4-13-9-14(6-5-12(2)23)18(11-17(13)21)22-29(26,27)15-7-8-19(24)16(10-15)20(25)28-3/h7-12,22-24H,4-6H2,1-3H3/t12-/m1/s1. The summed E-state index contributed by atoms with van der Waals surface area (Å²) in [5.74, 6) is -1.87. The number of phenols is 1. The van der Waals surface area contributed by atoms with Crippen LogP contribution >= 0.6 is 0 Å². The number of hydrogen-bond donors (Lipinski definition) is 3. The quantitative estimate of drug-likeness (QED) is 0.561. The molecule has 158 valence electrons. The van der Waals surface area contributed by atoms with Gasteiger partial charge in [0.05, 0.1) is 23.8 Å². The second-order valence-electron chi connectivity index (χ2n) is 6.62. The van der Waals surface area contributed by atoms with Crippen molar-refractivity contribution in [2.24, 2.45) is 0 Å². The van der Waals surface area contributed by atoms with Gasteiger partial charge in [-0.25, -0.2) is 17.6 Å². The van der Waals surface area contributed by atoms with Gasteiger partial charge in [-0.1, -0.05) is 13.0 Å². The summed E-state index contributed by atoms with van der Waals surface area (Å²) in [4.78, 5) is 11.4. The number of benzene rings is 2. The lowest BCUT2D eigenvalue weighted by Crippen LogP contribution is -2.16. The fraction of sp³-hybridized carbons (Fsp3) is 0.350. The van der Waals surface area contributed by atoms with E-state index < -0.39 is 33.7 Å². The zero-order valence-electron chi connectivity index (χ0n) is 16.4. The Bertz CT molecular complexity index is 1000. The van der Waals surface area contributed by atoms with Crippen LogP contribution in [0.25, 0.3) is 0 Å². The first kappa shape index (κ1) is 22.6. The zero-order valence-corrected chi connectivity index (χ0v) is 17.2. The lowest BCUT2D eigenvalue weighted by molar-refractivity contribution is 0.0597. The lowest BCUT2D eigenvalue weighted by Gasteiger charge is -2.16. The van der Waals surface area contributed by atoms with E-state index in [1.54, 1.807) is 19.9 Å². The first-order chi connectivity index (χ1) is 13.6. The van der Waals surface area contributed by atoms with Crippen LogP contribution in [0.5, 0.6) is 5.75 Å². The Hall–Kier alpha value is -2.65. The number of nitrogens with one attached hydrogen (secondary N) is 1. The number of phenolic OH excluding ortho intramolecular Hbond substituents is 1. The number of halogens is 1. The van der Waals surface area contributed by atoms with Crippen LogP contribution in [0.1, 0.15) is 41.8 Å². The van der Waals surface area contributed by atoms with Crippen LogP contribution in [-0.2, 0) is 27.6 Å². The minimum atomic E-state index is -4.19. The van der Waals surface area contributed by atoms with Crippen molar-refractivity contribution < 1.29 is 32.6 Å². The third-order valence-corrected chi connectivity index (χ3v) is 5.78. The van der Waals surface area contributed by atoms with E-state index >= 15 is 0 Å². The molecule has 0 saturated heterocycles. The van der Waals surface area contributed by atoms with Crippen LogP contribution in [0, 0.1) is 5.82 Å². The van der Waals surface area contributed by atoms with Crippen molar-refractivity contribution in [3.05, 3.63) is 52.8 Å². The number of aliphatic hydroxyl groups excluding tert-OH is 1. The van der Waals surface area contributed by atoms with Crippen LogP contribution < -0.4 is 4.72 Å². The van der Waals surface area contributed by atoms with Gasteiger partial charge in [-0.3, -0.25) is 4.72 Å². The monoisotopic (exact) mass is 425 g/mol. The first-order valence-corrected chi connectivity index (χ1v) is 10.5. The molecule has 0 radical (unpaired) electrons. The summed E-state index contributed by atoms with van der Waals surface area (Å²) >= 11 is 0. The van der Waals surface area contributed by atoms with Gasteiger partial charge in [-0.05, 0) is 61.6 Å². The topological polar surface area (TPSA) is 113 Å². The van der Waals surface area contributed by atoms with E-state index in [0.29, 0.717) is 30.4 Å². The maximum Gasteiger partial charge on any atom is 0.341 e. The van der Waals surface area contributed by atoms with Gasteiger partial charge in [0, 0.05) is 0 Å². The maximum atomic E-state index is 14.3. The number of aryl methyl sites for hydroxylation is 2. The number of carbonyl (C=O) groups excluding carboxylic acids is 1. The number of ether oxygens (including phenoxy) is 1. The minimum absolute atomic E-state index is 0.0491. The largest absolute Gasteiger partial charge is 0.507 e. The number of rotatable bonds is 8. The maximum absolute atomic E-state index is 14.3. The van der Waals surface area contributed by atoms with Gasteiger partial charge in [-0.15, -0.1) is 0 Å². The van der Waals surface area contributed by atoms with Crippen molar-refractivity contribution in [1.29, 1.82) is 0 Å². The molecule has 0 unspecified atom stereocenters. The van der Waals surface area contributed by atoms with E-state index in [9.17, 15) is 27.8 Å². The normalized spacial score (nSPS) is 12.4. The summed E-state index contributed by atoms with van der Waals surface area (Å²) in [6.07, 6.45) is 0.538. The van der Waals surface area contributed by atoms with Gasteiger partial charge in [0.15, 0.2) is 0 Å². The summed E-state index contributed by atoms with van der Waals surface area (Å²) in [7, 11) is -3.08. The van der Waals surface area contributed by atoms with Gasteiger partial charge in [0.1, 0.15) is 17.1 Å². The molecule has 0 aromatic heterocycles. The fourth-order valence-electron chi connectivity index (χ4n) is 2.77. The van der Waals surface area contributed by atoms with Gasteiger partial charge < -0.3 is 14.9 Å². The number of sulfonamides is 1. The van der Waals surface area contributed by atoms with Crippen LogP contribution in [-0.4, -0.2) is 37.8 Å². The number of aromatic hydroxyl groups is 1. The van der Waals surface area contributed by atoms with Crippen molar-refractivity contribution in [2.45, 2.75) is 44.1 Å². The Morgan fingerprint density at radius 2 is 1.93 bits per heavy atom. The summed E-state index contributed by atoms with van der Waals surface area (Å²) in [5, 5.41) is 19.3. The molecule has 0 aliphatic carbocycles. The van der Waals surface area contributed by atoms with Crippen LogP contribution in [0.15, 0.2) is 35.2 Å². The molecule has 1 atom stereocenters. The van der Waals surface area contributed by atoms with Crippen molar-refractivity contribution >= 4 is 21.7 Å². The highest BCUT2D eigenvalue weighted by Gasteiger charge is 2.21. The summed E-state index contributed by atoms with van der Waals surface area (Å²) in [5.41, 5.74) is 0.719. The van der Waals surface area contributed by atoms with Crippen molar-refractivity contribution in [1.82, 2.24) is 0 Å². The minimum Gasteiger partial charge on any atom is -0.507 e. The summed E-state index contributed by atoms with van der Waals surface area (Å²) < 4.78 is 46.8. The van der Waals surface area contributed by atoms with Crippen molar-refractivity contribution in [3.8, 4) is 5.75 Å². The fourth-order valence-corrected chi connectivity index (χ4v) is 3.88. The second-order valence-corrected chi connectivity index (χ2v) is 8.30. The smallest absolute Gasteiger partial charge is 0.341 e. The number of anilines is 1. The molecule has 0 fully saturated rings. The highest BCUT2D eigenvalue weighted by atomic mass is 32.2. The van der Waals surface area contributed by atoms with Gasteiger partial charge in [0.25, 0.3) is 10.0 Å². The average Bonchev–Trinajstić information content (AvgIpc) is 2.66. The summed E-state index contributed by atoms with van der Waals surface area (Å²) in [6.45, 7) is 3.39. The Labute approximate surface area is 169 Å². The van der Waals surface area contributed by atoms with Gasteiger partial charge >= 0.3 is 5.97 Å². The van der Waals surface area contributed by atoms with E-state index in [1.807, 2.05) is 0 Å². The van der Waals surface area contributed by atoms with Crippen LogP contribution in [0.4, 0.5) is 10.1 Å². The number of esters is 1. The van der Waals surface area contributed by atoms with E-state index in [1.165, 1.54) is 0 Å². The predicted molar refractivity (Wildman–Crippen MR) is 106 cm³/mol. The molecule has 3 N–H and O–H groups in total. The molecular formula is C20H24FNO6S. The molecule has 2 aromatic rings. The highest BCUT2D eigenvalue weighted by molar-refractivity contribution is 7.92. The Morgan fingerprint density at radius 1 is 1.24 bits per heavy atom. The SMILES string of the molecule is CCc1cc(CC[C@@H](C)O)c(NS(=O)(=O)c2ccc(O)c(C(=O)OC)c2)cc1F. The molecule has 2 aromatic carbocycles. The van der Waals surface area contributed by atoms with Crippen LogP contribution in [0.3, 0.4) is 0 Å². The van der Waals surface area contributed by atoms with Crippen molar-refractivity contribution in [3.63, 3.8) is 0 Å². The molecule has 0 saturated carbocycles. The zero-order chi connectivity index (χ0) is 21.8. The lowest BCUT2D eigenvalue weighted by atomic mass is 10.0. The Kier molecular flexibility index (Phi) is 7.21. The predicted octanol–water partition coefficient (Wildman–Crippen LogP) is 2.99. The molecule has 0 bridgehead atoms. The molecule has 0 spiro atoms. The average molecular weight is 425 g/mol. The van der Waals surface area contributed by atoms with Crippen LogP contribution in [0.2, 0.25) is 0 Å². The molecule has 0 heterocycles. The van der Waals surface area contributed by atoms with Gasteiger partial charge in [-0.2, -0.15) is 0 Å². The van der Waals surface area contributed by atoms with E-state index in [4.69, 9.17) is 0 Å². The van der Waals surface area contributed by atoms with E-state index in [-0.39, 0.29) is 16.1 Å². The van der Waals surface area contributed by atoms with Gasteiger partial charge in [0.2, 0.25) is 0 Å². The molecule has 29 heavy (non-hydrogen) atoms. The Balaban J connectivity index is 2.46. The third kappa shape index (κ3) is 5.45. The molecule has 2 rings (SSSR count). The molecule has 0 aliphatic heterocycles. The number of methoxy groups -OCH3 is 1. The number of carbonyl (C=O) groups is 1. The molecule has 0 aliphatic rings. The highest BCUT2D eigenvalue weighted by Crippen LogP contribution is 2.28.